The van der Waals surface area contributed by atoms with E-state index in [1.807, 2.05) is 0 Å². The monoisotopic (exact) mass is 438 g/mol. The van der Waals surface area contributed by atoms with E-state index in [0.717, 1.165) is 6.42 Å². The standard InChI is InChI=1S/C20H39IO2/c1-4-5-6-7-8-9-10-11-12-13-14-15-16-17-19(22)23-20(21)18(2)3/h18,20H,4-17H2,1-3H3. The number of hydrogen-bond acceptors (Lipinski definition) is 2. The summed E-state index contributed by atoms with van der Waals surface area (Å²) in [6.45, 7) is 6.43. The fraction of sp³-hybridized carbons (Fsp3) is 0.950. The molecule has 0 radical (unpaired) electrons. The Morgan fingerprint density at radius 1 is 0.783 bits per heavy atom. The maximum Gasteiger partial charge on any atom is 0.306 e. The van der Waals surface area contributed by atoms with Gasteiger partial charge in [0.1, 0.15) is 0 Å². The van der Waals surface area contributed by atoms with E-state index in [-0.39, 0.29) is 10.1 Å². The molecule has 23 heavy (non-hydrogen) atoms. The van der Waals surface area contributed by atoms with E-state index < -0.39 is 0 Å². The first kappa shape index (κ1) is 23.2. The van der Waals surface area contributed by atoms with Crippen LogP contribution in [-0.2, 0) is 9.53 Å². The van der Waals surface area contributed by atoms with Crippen molar-refractivity contribution in [1.82, 2.24) is 0 Å². The van der Waals surface area contributed by atoms with Gasteiger partial charge < -0.3 is 4.74 Å². The number of alkyl halides is 1. The highest BCUT2D eigenvalue weighted by molar-refractivity contribution is 14.1. The lowest BCUT2D eigenvalue weighted by atomic mass is 10.0. The van der Waals surface area contributed by atoms with Crippen molar-refractivity contribution in [2.45, 2.75) is 115 Å². The molecule has 1 unspecified atom stereocenters. The predicted molar refractivity (Wildman–Crippen MR) is 109 cm³/mol. The zero-order valence-electron chi connectivity index (χ0n) is 15.7. The molecule has 0 spiro atoms. The fourth-order valence-electron chi connectivity index (χ4n) is 2.61. The third-order valence-corrected chi connectivity index (χ3v) is 5.95. The molecule has 0 saturated carbocycles. The number of halogens is 1. The molecular formula is C20H39IO2. The zero-order valence-corrected chi connectivity index (χ0v) is 17.9. The Bertz CT molecular complexity index is 266. The second-order valence-corrected chi connectivity index (χ2v) is 8.31. The van der Waals surface area contributed by atoms with Gasteiger partial charge in [0.2, 0.25) is 0 Å². The minimum atomic E-state index is -0.0267. The van der Waals surface area contributed by atoms with Gasteiger partial charge in [-0.1, -0.05) is 97.8 Å². The Kier molecular flexibility index (Phi) is 17.2. The lowest BCUT2D eigenvalue weighted by Crippen LogP contribution is -2.17. The summed E-state index contributed by atoms with van der Waals surface area (Å²) in [5, 5.41) is 0. The molecular weight excluding hydrogens is 399 g/mol. The zero-order chi connectivity index (χ0) is 17.3. The van der Waals surface area contributed by atoms with Crippen molar-refractivity contribution in [1.29, 1.82) is 0 Å². The molecule has 0 aliphatic carbocycles. The van der Waals surface area contributed by atoms with Crippen LogP contribution in [0.15, 0.2) is 0 Å². The number of rotatable bonds is 16. The first-order valence-corrected chi connectivity index (χ1v) is 11.2. The predicted octanol–water partition coefficient (Wildman–Crippen LogP) is 7.43. The van der Waals surface area contributed by atoms with Crippen molar-refractivity contribution in [3.63, 3.8) is 0 Å². The Labute approximate surface area is 158 Å². The highest BCUT2D eigenvalue weighted by Crippen LogP contribution is 2.16. The fourth-order valence-corrected chi connectivity index (χ4v) is 2.89. The molecule has 0 fully saturated rings. The summed E-state index contributed by atoms with van der Waals surface area (Å²) < 4.78 is 5.38. The van der Waals surface area contributed by atoms with E-state index in [0.29, 0.717) is 12.3 Å². The van der Waals surface area contributed by atoms with Crippen LogP contribution in [-0.4, -0.2) is 10.1 Å². The van der Waals surface area contributed by atoms with Gasteiger partial charge in [0.05, 0.1) is 0 Å². The van der Waals surface area contributed by atoms with Crippen LogP contribution in [0.5, 0.6) is 0 Å². The van der Waals surface area contributed by atoms with Crippen LogP contribution in [0.25, 0.3) is 0 Å². The Balaban J connectivity index is 3.20. The van der Waals surface area contributed by atoms with Crippen molar-refractivity contribution in [3.8, 4) is 0 Å². The van der Waals surface area contributed by atoms with Crippen LogP contribution in [0.1, 0.15) is 111 Å². The lowest BCUT2D eigenvalue weighted by Gasteiger charge is -2.14. The summed E-state index contributed by atoms with van der Waals surface area (Å²) >= 11 is 2.20. The third kappa shape index (κ3) is 16.8. The molecule has 0 aromatic carbocycles. The number of carbonyl (C=O) groups is 1. The molecule has 1 atom stereocenters. The first-order valence-electron chi connectivity index (χ1n) is 9.91. The lowest BCUT2D eigenvalue weighted by molar-refractivity contribution is -0.145. The van der Waals surface area contributed by atoms with Crippen molar-refractivity contribution >= 4 is 28.6 Å². The number of unbranched alkanes of at least 4 members (excludes halogenated alkanes) is 12. The summed E-state index contributed by atoms with van der Waals surface area (Å²) in [7, 11) is 0. The Hall–Kier alpha value is 0.200. The van der Waals surface area contributed by atoms with Crippen LogP contribution >= 0.6 is 22.6 Å². The number of hydrogen-bond donors (Lipinski definition) is 0. The second-order valence-electron chi connectivity index (χ2n) is 7.08. The highest BCUT2D eigenvalue weighted by atomic mass is 127. The summed E-state index contributed by atoms with van der Waals surface area (Å²) in [4.78, 5) is 11.6. The smallest absolute Gasteiger partial charge is 0.306 e. The summed E-state index contributed by atoms with van der Waals surface area (Å²) in [5.41, 5.74) is 0. The van der Waals surface area contributed by atoms with Gasteiger partial charge in [0, 0.05) is 6.42 Å². The van der Waals surface area contributed by atoms with Gasteiger partial charge >= 0.3 is 5.97 Å². The van der Waals surface area contributed by atoms with Gasteiger partial charge in [-0.2, -0.15) is 0 Å². The summed E-state index contributed by atoms with van der Waals surface area (Å²) in [6.07, 6.45) is 17.9. The van der Waals surface area contributed by atoms with E-state index in [4.69, 9.17) is 4.74 Å². The minimum Gasteiger partial charge on any atom is -0.451 e. The van der Waals surface area contributed by atoms with Gasteiger partial charge in [-0.25, -0.2) is 0 Å². The summed E-state index contributed by atoms with van der Waals surface area (Å²) in [5.74, 6) is 0.368. The van der Waals surface area contributed by atoms with Crippen LogP contribution in [0, 0.1) is 5.92 Å². The molecule has 0 rings (SSSR count). The van der Waals surface area contributed by atoms with Gasteiger partial charge in [0.25, 0.3) is 0 Å². The second kappa shape index (κ2) is 17.0. The van der Waals surface area contributed by atoms with E-state index in [1.54, 1.807) is 0 Å². The van der Waals surface area contributed by atoms with E-state index in [1.165, 1.54) is 77.0 Å². The van der Waals surface area contributed by atoms with Gasteiger partial charge in [-0.15, -0.1) is 0 Å². The SMILES string of the molecule is CCCCCCCCCCCCCCCC(=O)OC(I)C(C)C. The molecule has 0 amide bonds. The summed E-state index contributed by atoms with van der Waals surface area (Å²) in [6, 6.07) is 0. The average molecular weight is 438 g/mol. The van der Waals surface area contributed by atoms with E-state index in [9.17, 15) is 4.79 Å². The maximum atomic E-state index is 11.6. The van der Waals surface area contributed by atoms with Crippen LogP contribution in [0.4, 0.5) is 0 Å². The molecule has 138 valence electrons. The van der Waals surface area contributed by atoms with Crippen molar-refractivity contribution in [2.24, 2.45) is 5.92 Å². The quantitative estimate of drug-likeness (QED) is 0.108. The number of carbonyl (C=O) groups excluding carboxylic acids is 1. The maximum absolute atomic E-state index is 11.6. The van der Waals surface area contributed by atoms with Crippen molar-refractivity contribution in [2.75, 3.05) is 0 Å². The number of esters is 1. The van der Waals surface area contributed by atoms with Crippen LogP contribution < -0.4 is 0 Å². The highest BCUT2D eigenvalue weighted by Gasteiger charge is 2.13. The topological polar surface area (TPSA) is 26.3 Å². The molecule has 0 bridgehead atoms. The number of ether oxygens (including phenoxy) is 1. The molecule has 0 N–H and O–H groups in total. The van der Waals surface area contributed by atoms with Crippen LogP contribution in [0.2, 0.25) is 0 Å². The molecule has 0 aromatic rings. The van der Waals surface area contributed by atoms with Gasteiger partial charge in [0.15, 0.2) is 4.11 Å². The molecule has 0 aromatic heterocycles. The molecule has 0 heterocycles. The molecule has 0 aliphatic rings. The van der Waals surface area contributed by atoms with Gasteiger partial charge in [-0.05, 0) is 34.9 Å². The largest absolute Gasteiger partial charge is 0.451 e. The molecule has 3 heteroatoms. The molecule has 0 aliphatic heterocycles. The van der Waals surface area contributed by atoms with Gasteiger partial charge in [-0.3, -0.25) is 4.79 Å². The molecule has 0 saturated heterocycles. The first-order chi connectivity index (χ1) is 11.1. The normalized spacial score (nSPS) is 12.6. The average Bonchev–Trinajstić information content (AvgIpc) is 2.51. The van der Waals surface area contributed by atoms with Crippen molar-refractivity contribution < 1.29 is 9.53 Å². The molecule has 2 nitrogen and oxygen atoms in total. The minimum absolute atomic E-state index is 0.0158. The van der Waals surface area contributed by atoms with Crippen LogP contribution in [0.3, 0.4) is 0 Å². The third-order valence-electron chi connectivity index (χ3n) is 4.25. The Morgan fingerprint density at radius 2 is 1.17 bits per heavy atom. The Morgan fingerprint density at radius 3 is 1.57 bits per heavy atom. The van der Waals surface area contributed by atoms with Crippen molar-refractivity contribution in [3.05, 3.63) is 0 Å². The van der Waals surface area contributed by atoms with E-state index in [2.05, 4.69) is 43.4 Å². The van der Waals surface area contributed by atoms with E-state index >= 15 is 0 Å².